The molecule has 176 valence electrons. The first-order chi connectivity index (χ1) is 16.5. The summed E-state index contributed by atoms with van der Waals surface area (Å²) in [6.45, 7) is 4.45. The van der Waals surface area contributed by atoms with Crippen molar-refractivity contribution in [2.45, 2.75) is 52.1 Å². The SMILES string of the molecule is CC(C)Oc1ccc2nc3ccc(C(=O)NCCCCCCc4cncnc4)cn3c(=O)c2c1. The molecule has 1 aromatic carbocycles. The molecule has 1 N–H and O–H groups in total. The Balaban J connectivity index is 1.35. The summed E-state index contributed by atoms with van der Waals surface area (Å²) < 4.78 is 7.13. The van der Waals surface area contributed by atoms with Gasteiger partial charge >= 0.3 is 0 Å². The van der Waals surface area contributed by atoms with Crippen LogP contribution in [0.1, 0.15) is 55.5 Å². The van der Waals surface area contributed by atoms with Crippen LogP contribution < -0.4 is 15.6 Å². The van der Waals surface area contributed by atoms with Crippen molar-refractivity contribution in [2.24, 2.45) is 0 Å². The third kappa shape index (κ3) is 5.75. The van der Waals surface area contributed by atoms with Crippen molar-refractivity contribution in [1.29, 1.82) is 0 Å². The fourth-order valence-electron chi connectivity index (χ4n) is 3.83. The number of hydrogen-bond acceptors (Lipinski definition) is 6. The summed E-state index contributed by atoms with van der Waals surface area (Å²) in [5.41, 5.74) is 2.43. The molecule has 4 rings (SSSR count). The number of aromatic nitrogens is 4. The smallest absolute Gasteiger partial charge is 0.265 e. The minimum Gasteiger partial charge on any atom is -0.491 e. The lowest BCUT2D eigenvalue weighted by molar-refractivity contribution is 0.0952. The highest BCUT2D eigenvalue weighted by Crippen LogP contribution is 2.19. The van der Waals surface area contributed by atoms with Crippen LogP contribution >= 0.6 is 0 Å². The molecule has 0 saturated carbocycles. The second kappa shape index (κ2) is 10.9. The first-order valence-corrected chi connectivity index (χ1v) is 11.7. The number of fused-ring (bicyclic) bond motifs is 2. The number of nitrogens with one attached hydrogen (secondary N) is 1. The largest absolute Gasteiger partial charge is 0.491 e. The molecule has 4 aromatic rings. The van der Waals surface area contributed by atoms with Gasteiger partial charge in [-0.1, -0.05) is 12.8 Å². The van der Waals surface area contributed by atoms with Crippen LogP contribution in [-0.2, 0) is 6.42 Å². The fraction of sp³-hybridized carbons (Fsp3) is 0.346. The van der Waals surface area contributed by atoms with E-state index in [-0.39, 0.29) is 17.6 Å². The summed E-state index contributed by atoms with van der Waals surface area (Å²) in [7, 11) is 0. The summed E-state index contributed by atoms with van der Waals surface area (Å²) in [5, 5.41) is 3.40. The zero-order valence-electron chi connectivity index (χ0n) is 19.5. The lowest BCUT2D eigenvalue weighted by Gasteiger charge is -2.11. The van der Waals surface area contributed by atoms with Gasteiger partial charge in [-0.2, -0.15) is 0 Å². The molecule has 8 nitrogen and oxygen atoms in total. The summed E-state index contributed by atoms with van der Waals surface area (Å²) >= 11 is 0. The Kier molecular flexibility index (Phi) is 7.47. The number of carbonyl (C=O) groups is 1. The van der Waals surface area contributed by atoms with E-state index >= 15 is 0 Å². The fourth-order valence-corrected chi connectivity index (χ4v) is 3.83. The van der Waals surface area contributed by atoms with Crippen molar-refractivity contribution in [1.82, 2.24) is 24.7 Å². The van der Waals surface area contributed by atoms with E-state index in [0.29, 0.717) is 34.4 Å². The molecule has 0 saturated heterocycles. The highest BCUT2D eigenvalue weighted by atomic mass is 16.5. The number of rotatable bonds is 10. The van der Waals surface area contributed by atoms with Crippen LogP contribution in [0.2, 0.25) is 0 Å². The zero-order chi connectivity index (χ0) is 23.9. The third-order valence-corrected chi connectivity index (χ3v) is 5.51. The molecule has 3 aromatic heterocycles. The van der Waals surface area contributed by atoms with Crippen molar-refractivity contribution in [3.8, 4) is 5.75 Å². The second-order valence-electron chi connectivity index (χ2n) is 8.58. The van der Waals surface area contributed by atoms with E-state index in [4.69, 9.17) is 4.74 Å². The minimum absolute atomic E-state index is 0.00220. The number of pyridine rings is 1. The van der Waals surface area contributed by atoms with Crippen LogP contribution in [0, 0.1) is 0 Å². The number of aryl methyl sites for hydroxylation is 1. The molecule has 8 heteroatoms. The van der Waals surface area contributed by atoms with Crippen LogP contribution in [-0.4, -0.2) is 37.9 Å². The molecular formula is C26H29N5O3. The zero-order valence-corrected chi connectivity index (χ0v) is 19.5. The average molecular weight is 460 g/mol. The molecule has 1 amide bonds. The number of amides is 1. The maximum atomic E-state index is 13.1. The highest BCUT2D eigenvalue weighted by molar-refractivity contribution is 5.94. The summed E-state index contributed by atoms with van der Waals surface area (Å²) in [6.07, 6.45) is 11.8. The molecule has 0 aliphatic carbocycles. The molecule has 0 aliphatic rings. The number of benzene rings is 1. The molecule has 34 heavy (non-hydrogen) atoms. The lowest BCUT2D eigenvalue weighted by Crippen LogP contribution is -2.25. The van der Waals surface area contributed by atoms with Gasteiger partial charge in [-0.3, -0.25) is 14.0 Å². The van der Waals surface area contributed by atoms with E-state index in [2.05, 4.69) is 20.3 Å². The Bertz CT molecular complexity index is 1340. The molecule has 0 aliphatic heterocycles. The Morgan fingerprint density at radius 3 is 2.65 bits per heavy atom. The van der Waals surface area contributed by atoms with Crippen LogP contribution in [0.25, 0.3) is 16.6 Å². The van der Waals surface area contributed by atoms with Gasteiger partial charge in [0.05, 0.1) is 22.6 Å². The number of hydrogen-bond donors (Lipinski definition) is 1. The van der Waals surface area contributed by atoms with Crippen molar-refractivity contribution >= 4 is 22.5 Å². The molecule has 0 radical (unpaired) electrons. The van der Waals surface area contributed by atoms with Crippen molar-refractivity contribution in [3.63, 3.8) is 0 Å². The Morgan fingerprint density at radius 1 is 1.06 bits per heavy atom. The van der Waals surface area contributed by atoms with Crippen LogP contribution in [0.5, 0.6) is 5.75 Å². The Hall–Kier alpha value is -3.81. The highest BCUT2D eigenvalue weighted by Gasteiger charge is 2.11. The molecule has 0 atom stereocenters. The first-order valence-electron chi connectivity index (χ1n) is 11.7. The summed E-state index contributed by atoms with van der Waals surface area (Å²) in [4.78, 5) is 38.3. The van der Waals surface area contributed by atoms with E-state index in [1.165, 1.54) is 10.7 Å². The van der Waals surface area contributed by atoms with Crippen LogP contribution in [0.15, 0.2) is 60.0 Å². The molecule has 0 unspecified atom stereocenters. The number of ether oxygens (including phenoxy) is 1. The van der Waals surface area contributed by atoms with Gasteiger partial charge in [0.25, 0.3) is 11.5 Å². The van der Waals surface area contributed by atoms with Crippen molar-refractivity contribution in [3.05, 3.63) is 76.7 Å². The molecular weight excluding hydrogens is 430 g/mol. The molecule has 0 fully saturated rings. The summed E-state index contributed by atoms with van der Waals surface area (Å²) in [5.74, 6) is 0.416. The van der Waals surface area contributed by atoms with Crippen LogP contribution in [0.4, 0.5) is 0 Å². The summed E-state index contributed by atoms with van der Waals surface area (Å²) in [6, 6.07) is 8.68. The van der Waals surface area contributed by atoms with Gasteiger partial charge in [0.1, 0.15) is 17.7 Å². The molecule has 3 heterocycles. The Morgan fingerprint density at radius 2 is 1.85 bits per heavy atom. The third-order valence-electron chi connectivity index (χ3n) is 5.51. The van der Waals surface area contributed by atoms with E-state index in [9.17, 15) is 9.59 Å². The van der Waals surface area contributed by atoms with Gasteiger partial charge < -0.3 is 10.1 Å². The van der Waals surface area contributed by atoms with Gasteiger partial charge in [0, 0.05) is 25.1 Å². The minimum atomic E-state index is -0.229. The van der Waals surface area contributed by atoms with Gasteiger partial charge in [-0.05, 0) is 69.0 Å². The average Bonchev–Trinajstić information content (AvgIpc) is 2.84. The standard InChI is InChI=1S/C26H29N5O3/c1-18(2)34-21-9-10-23-22(13-21)26(33)31-16-20(8-11-24(31)30-23)25(32)29-12-6-4-3-5-7-19-14-27-17-28-15-19/h8-11,13-18H,3-7,12H2,1-2H3,(H,29,32). The predicted octanol–water partition coefficient (Wildman–Crippen LogP) is 3.96. The maximum Gasteiger partial charge on any atom is 0.265 e. The van der Waals surface area contributed by atoms with E-state index in [1.54, 1.807) is 30.5 Å². The number of unbranched alkanes of at least 4 members (excludes halogenated alkanes) is 3. The van der Waals surface area contributed by atoms with E-state index in [1.807, 2.05) is 32.3 Å². The van der Waals surface area contributed by atoms with Gasteiger partial charge in [0.15, 0.2) is 0 Å². The lowest BCUT2D eigenvalue weighted by atomic mass is 10.1. The Labute approximate surface area is 198 Å². The van der Waals surface area contributed by atoms with Gasteiger partial charge in [0.2, 0.25) is 0 Å². The molecule has 0 bridgehead atoms. The maximum absolute atomic E-state index is 13.1. The molecule has 0 spiro atoms. The van der Waals surface area contributed by atoms with Crippen molar-refractivity contribution in [2.75, 3.05) is 6.54 Å². The monoisotopic (exact) mass is 459 g/mol. The second-order valence-corrected chi connectivity index (χ2v) is 8.58. The van der Waals surface area contributed by atoms with Crippen molar-refractivity contribution < 1.29 is 9.53 Å². The van der Waals surface area contributed by atoms with E-state index in [0.717, 1.165) is 37.7 Å². The van der Waals surface area contributed by atoms with Gasteiger partial charge in [-0.25, -0.2) is 15.0 Å². The predicted molar refractivity (Wildman–Crippen MR) is 131 cm³/mol. The number of carbonyl (C=O) groups excluding carboxylic acids is 1. The quantitative estimate of drug-likeness (QED) is 0.285. The van der Waals surface area contributed by atoms with Crippen LogP contribution in [0.3, 0.4) is 0 Å². The first kappa shape index (κ1) is 23.4. The van der Waals surface area contributed by atoms with E-state index < -0.39 is 0 Å². The normalized spacial score (nSPS) is 11.3. The number of nitrogens with zero attached hydrogens (tertiary/aromatic N) is 4. The topological polar surface area (TPSA) is 98.5 Å². The van der Waals surface area contributed by atoms with Gasteiger partial charge in [-0.15, -0.1) is 0 Å².